The number of fused-ring (bicyclic) bond motifs is 1. The number of rotatable bonds is 6. The van der Waals surface area contributed by atoms with Crippen LogP contribution in [0.4, 0.5) is 0 Å². The monoisotopic (exact) mass is 260 g/mol. The zero-order valence-electron chi connectivity index (χ0n) is 11.0. The first-order valence-electron chi connectivity index (χ1n) is 6.34. The van der Waals surface area contributed by atoms with Gasteiger partial charge in [0.1, 0.15) is 0 Å². The summed E-state index contributed by atoms with van der Waals surface area (Å²) in [6.45, 7) is 4.18. The van der Waals surface area contributed by atoms with E-state index >= 15 is 0 Å². The third-order valence-electron chi connectivity index (χ3n) is 2.91. The van der Waals surface area contributed by atoms with Crippen LogP contribution in [0.25, 0.3) is 10.9 Å². The second-order valence-corrected chi connectivity index (χ2v) is 5.60. The molecule has 0 aliphatic heterocycles. The molecule has 0 aliphatic carbocycles. The lowest BCUT2D eigenvalue weighted by Crippen LogP contribution is -2.22. The molecule has 1 atom stereocenters. The van der Waals surface area contributed by atoms with E-state index in [1.54, 1.807) is 0 Å². The fraction of sp³-hybridized carbons (Fsp3) is 0.400. The smallest absolute Gasteiger partial charge is 0.0705 e. The summed E-state index contributed by atoms with van der Waals surface area (Å²) in [6, 6.07) is 12.5. The van der Waals surface area contributed by atoms with Gasteiger partial charge < -0.3 is 5.32 Å². The summed E-state index contributed by atoms with van der Waals surface area (Å²) in [5.41, 5.74) is 2.19. The van der Waals surface area contributed by atoms with E-state index in [0.717, 1.165) is 24.3 Å². The van der Waals surface area contributed by atoms with Crippen LogP contribution < -0.4 is 5.32 Å². The molecule has 2 aromatic rings. The molecule has 0 bridgehead atoms. The number of pyridine rings is 1. The molecule has 1 aromatic heterocycles. The van der Waals surface area contributed by atoms with Crippen molar-refractivity contribution in [1.29, 1.82) is 0 Å². The second kappa shape index (κ2) is 6.76. The highest BCUT2D eigenvalue weighted by Gasteiger charge is 2.01. The molecule has 1 aromatic carbocycles. The predicted octanol–water partition coefficient (Wildman–Crippen LogP) is 3.32. The first-order chi connectivity index (χ1) is 8.79. The fourth-order valence-corrected chi connectivity index (χ4v) is 2.68. The third kappa shape index (κ3) is 3.72. The molecule has 0 saturated heterocycles. The summed E-state index contributed by atoms with van der Waals surface area (Å²) in [5.74, 6) is 1.92. The highest BCUT2D eigenvalue weighted by Crippen LogP contribution is 2.11. The first kappa shape index (κ1) is 13.4. The molecule has 0 spiro atoms. The summed E-state index contributed by atoms with van der Waals surface area (Å²) in [7, 11) is 0. The minimum absolute atomic E-state index is 0.709. The molecular formula is C15H20N2S. The van der Waals surface area contributed by atoms with Crippen molar-refractivity contribution in [2.45, 2.75) is 13.5 Å². The quantitative estimate of drug-likeness (QED) is 0.862. The number of hydrogen-bond donors (Lipinski definition) is 1. The normalized spacial score (nSPS) is 12.8. The molecule has 2 nitrogen and oxygen atoms in total. The zero-order valence-corrected chi connectivity index (χ0v) is 11.8. The van der Waals surface area contributed by atoms with E-state index < -0.39 is 0 Å². The van der Waals surface area contributed by atoms with Crippen LogP contribution in [0.2, 0.25) is 0 Å². The lowest BCUT2D eigenvalue weighted by molar-refractivity contribution is 0.555. The molecule has 3 heteroatoms. The van der Waals surface area contributed by atoms with Gasteiger partial charge in [0.05, 0.1) is 11.2 Å². The first-order valence-corrected chi connectivity index (χ1v) is 7.73. The Morgan fingerprint density at radius 2 is 2.06 bits per heavy atom. The fourth-order valence-electron chi connectivity index (χ4n) is 2.00. The van der Waals surface area contributed by atoms with Crippen LogP contribution in [-0.4, -0.2) is 23.5 Å². The molecular weight excluding hydrogens is 240 g/mol. The van der Waals surface area contributed by atoms with Crippen LogP contribution in [0.1, 0.15) is 12.6 Å². The summed E-state index contributed by atoms with van der Waals surface area (Å²) in [5, 5.41) is 4.68. The van der Waals surface area contributed by atoms with Crippen molar-refractivity contribution in [3.63, 3.8) is 0 Å². The van der Waals surface area contributed by atoms with Gasteiger partial charge >= 0.3 is 0 Å². The van der Waals surface area contributed by atoms with E-state index in [9.17, 15) is 0 Å². The zero-order chi connectivity index (χ0) is 12.8. The number of nitrogens with one attached hydrogen (secondary N) is 1. The molecule has 18 heavy (non-hydrogen) atoms. The number of benzene rings is 1. The minimum atomic E-state index is 0.709. The Kier molecular flexibility index (Phi) is 5.02. The van der Waals surface area contributed by atoms with Gasteiger partial charge in [-0.05, 0) is 36.6 Å². The van der Waals surface area contributed by atoms with E-state index in [2.05, 4.69) is 47.7 Å². The van der Waals surface area contributed by atoms with Crippen LogP contribution in [0.5, 0.6) is 0 Å². The summed E-state index contributed by atoms with van der Waals surface area (Å²) in [4.78, 5) is 4.65. The number of hydrogen-bond acceptors (Lipinski definition) is 3. The second-order valence-electron chi connectivity index (χ2n) is 4.69. The van der Waals surface area contributed by atoms with Crippen LogP contribution in [0, 0.1) is 5.92 Å². The van der Waals surface area contributed by atoms with Crippen molar-refractivity contribution < 1.29 is 0 Å². The summed E-state index contributed by atoms with van der Waals surface area (Å²) < 4.78 is 0. The van der Waals surface area contributed by atoms with E-state index in [4.69, 9.17) is 0 Å². The Balaban J connectivity index is 1.91. The number of para-hydroxylation sites is 1. The van der Waals surface area contributed by atoms with Crippen molar-refractivity contribution in [2.24, 2.45) is 5.92 Å². The lowest BCUT2D eigenvalue weighted by atomic mass is 10.2. The Hall–Kier alpha value is -1.06. The maximum absolute atomic E-state index is 4.65. The maximum atomic E-state index is 4.65. The number of aromatic nitrogens is 1. The van der Waals surface area contributed by atoms with Gasteiger partial charge in [-0.15, -0.1) is 0 Å². The van der Waals surface area contributed by atoms with E-state index in [0.29, 0.717) is 5.92 Å². The number of thioether (sulfide) groups is 1. The van der Waals surface area contributed by atoms with Crippen molar-refractivity contribution in [3.8, 4) is 0 Å². The molecule has 0 saturated carbocycles. The molecule has 1 heterocycles. The Bertz CT molecular complexity index is 499. The van der Waals surface area contributed by atoms with Crippen LogP contribution in [-0.2, 0) is 6.54 Å². The predicted molar refractivity (Wildman–Crippen MR) is 81.0 cm³/mol. The van der Waals surface area contributed by atoms with E-state index in [-0.39, 0.29) is 0 Å². The van der Waals surface area contributed by atoms with E-state index in [1.165, 1.54) is 11.1 Å². The van der Waals surface area contributed by atoms with Crippen molar-refractivity contribution in [3.05, 3.63) is 42.1 Å². The Labute approximate surface area is 113 Å². The third-order valence-corrected chi connectivity index (χ3v) is 3.81. The van der Waals surface area contributed by atoms with Gasteiger partial charge in [0.25, 0.3) is 0 Å². The van der Waals surface area contributed by atoms with E-state index in [1.807, 2.05) is 23.9 Å². The van der Waals surface area contributed by atoms with Gasteiger partial charge in [0.15, 0.2) is 0 Å². The standard InChI is InChI=1S/C15H20N2S/c1-12(11-18-2)9-16-10-14-8-7-13-5-3-4-6-15(13)17-14/h3-8,12,16H,9-11H2,1-2H3. The molecule has 1 unspecified atom stereocenters. The lowest BCUT2D eigenvalue weighted by Gasteiger charge is -2.11. The molecule has 0 radical (unpaired) electrons. The summed E-state index contributed by atoms with van der Waals surface area (Å²) in [6.07, 6.45) is 2.15. The highest BCUT2D eigenvalue weighted by molar-refractivity contribution is 7.98. The van der Waals surface area contributed by atoms with Gasteiger partial charge in [-0.3, -0.25) is 4.98 Å². The molecule has 0 amide bonds. The van der Waals surface area contributed by atoms with Gasteiger partial charge in [0, 0.05) is 11.9 Å². The van der Waals surface area contributed by atoms with Gasteiger partial charge in [-0.25, -0.2) is 0 Å². The molecule has 96 valence electrons. The van der Waals surface area contributed by atoms with Gasteiger partial charge in [-0.2, -0.15) is 11.8 Å². The average Bonchev–Trinajstić information content (AvgIpc) is 2.39. The van der Waals surface area contributed by atoms with Gasteiger partial charge in [0.2, 0.25) is 0 Å². The molecule has 1 N–H and O–H groups in total. The molecule has 0 aliphatic rings. The molecule has 0 fully saturated rings. The van der Waals surface area contributed by atoms with Crippen molar-refractivity contribution in [2.75, 3.05) is 18.6 Å². The SMILES string of the molecule is CSCC(C)CNCc1ccc2ccccc2n1. The number of nitrogens with zero attached hydrogens (tertiary/aromatic N) is 1. The minimum Gasteiger partial charge on any atom is -0.311 e. The topological polar surface area (TPSA) is 24.9 Å². The highest BCUT2D eigenvalue weighted by atomic mass is 32.2. The largest absolute Gasteiger partial charge is 0.311 e. The van der Waals surface area contributed by atoms with Crippen molar-refractivity contribution >= 4 is 22.7 Å². The Morgan fingerprint density at radius 1 is 1.22 bits per heavy atom. The van der Waals surface area contributed by atoms with Gasteiger partial charge in [-0.1, -0.05) is 31.2 Å². The average molecular weight is 260 g/mol. The van der Waals surface area contributed by atoms with Crippen molar-refractivity contribution in [1.82, 2.24) is 10.3 Å². The summed E-state index contributed by atoms with van der Waals surface area (Å²) >= 11 is 1.90. The molecule has 2 rings (SSSR count). The maximum Gasteiger partial charge on any atom is 0.0705 e. The van der Waals surface area contributed by atoms with Crippen LogP contribution >= 0.6 is 11.8 Å². The van der Waals surface area contributed by atoms with Crippen LogP contribution in [0.15, 0.2) is 36.4 Å². The Morgan fingerprint density at radius 3 is 2.89 bits per heavy atom. The van der Waals surface area contributed by atoms with Crippen LogP contribution in [0.3, 0.4) is 0 Å².